The van der Waals surface area contributed by atoms with Crippen molar-refractivity contribution >= 4 is 5.96 Å². The highest BCUT2D eigenvalue weighted by Crippen LogP contribution is 2.27. The Labute approximate surface area is 165 Å². The molecule has 6 heteroatoms. The average Bonchev–Trinajstić information content (AvgIpc) is 3.16. The van der Waals surface area contributed by atoms with Crippen LogP contribution in [0.2, 0.25) is 0 Å². The smallest absolute Gasteiger partial charge is 0.193 e. The average molecular weight is 375 g/mol. The number of aliphatic imine (C=N–C) groups is 1. The summed E-state index contributed by atoms with van der Waals surface area (Å²) < 4.78 is 2.25. The first-order valence-electron chi connectivity index (χ1n) is 10.7. The summed E-state index contributed by atoms with van der Waals surface area (Å²) in [6, 6.07) is 0.469. The highest BCUT2D eigenvalue weighted by molar-refractivity contribution is 5.80. The van der Waals surface area contributed by atoms with Crippen LogP contribution < -0.4 is 5.32 Å². The molecule has 2 saturated heterocycles. The lowest BCUT2D eigenvalue weighted by Gasteiger charge is -2.39. The lowest BCUT2D eigenvalue weighted by Crippen LogP contribution is -2.49. The number of nitrogens with one attached hydrogen (secondary N) is 1. The van der Waals surface area contributed by atoms with Gasteiger partial charge in [-0.05, 0) is 43.6 Å². The van der Waals surface area contributed by atoms with E-state index in [4.69, 9.17) is 0 Å². The molecule has 0 radical (unpaired) electrons. The summed E-state index contributed by atoms with van der Waals surface area (Å²) >= 11 is 0. The van der Waals surface area contributed by atoms with E-state index in [2.05, 4.69) is 56.6 Å². The molecule has 4 atom stereocenters. The van der Waals surface area contributed by atoms with Crippen molar-refractivity contribution in [3.63, 3.8) is 0 Å². The van der Waals surface area contributed by atoms with Crippen LogP contribution in [0.15, 0.2) is 23.7 Å². The molecule has 1 N–H and O–H groups in total. The van der Waals surface area contributed by atoms with E-state index in [-0.39, 0.29) is 0 Å². The van der Waals surface area contributed by atoms with E-state index < -0.39 is 0 Å². The van der Waals surface area contributed by atoms with E-state index in [1.165, 1.54) is 38.9 Å². The van der Waals surface area contributed by atoms with Crippen LogP contribution in [0.4, 0.5) is 0 Å². The van der Waals surface area contributed by atoms with Gasteiger partial charge < -0.3 is 19.7 Å². The molecule has 27 heavy (non-hydrogen) atoms. The number of rotatable bonds is 5. The summed E-state index contributed by atoms with van der Waals surface area (Å²) in [6.07, 6.45) is 9.65. The van der Waals surface area contributed by atoms with E-state index in [9.17, 15) is 0 Å². The molecule has 0 bridgehead atoms. The molecule has 6 nitrogen and oxygen atoms in total. The monoisotopic (exact) mass is 374 g/mol. The lowest BCUT2D eigenvalue weighted by molar-refractivity contribution is 0.140. The first kappa shape index (κ1) is 20.2. The van der Waals surface area contributed by atoms with Crippen molar-refractivity contribution in [2.75, 3.05) is 46.3 Å². The molecule has 1 aromatic rings. The maximum atomic E-state index is 4.55. The summed E-state index contributed by atoms with van der Waals surface area (Å²) in [5, 5.41) is 3.61. The first-order valence-corrected chi connectivity index (χ1v) is 10.7. The zero-order chi connectivity index (χ0) is 19.2. The van der Waals surface area contributed by atoms with Crippen LogP contribution in [0.25, 0.3) is 0 Å². The summed E-state index contributed by atoms with van der Waals surface area (Å²) in [7, 11) is 1.90. The molecule has 3 rings (SSSR count). The van der Waals surface area contributed by atoms with Gasteiger partial charge in [0.15, 0.2) is 5.96 Å². The molecule has 1 aromatic heterocycles. The summed E-state index contributed by atoms with van der Waals surface area (Å²) in [5.41, 5.74) is 0. The van der Waals surface area contributed by atoms with E-state index in [0.29, 0.717) is 12.0 Å². The lowest BCUT2D eigenvalue weighted by atomic mass is 9.92. The molecule has 0 amide bonds. The minimum Gasteiger partial charge on any atom is -0.356 e. The molecule has 2 aliphatic heterocycles. The highest BCUT2D eigenvalue weighted by atomic mass is 15.3. The molecule has 0 aromatic carbocycles. The van der Waals surface area contributed by atoms with Crippen molar-refractivity contribution in [3.8, 4) is 0 Å². The number of aromatic nitrogens is 2. The SMILES string of the molecule is CN=C(NCCCN1CC(C)CC(C)C1)N1CCC(C)C(n2ccnc2)C1. The molecule has 0 saturated carbocycles. The van der Waals surface area contributed by atoms with Gasteiger partial charge in [0, 0.05) is 52.2 Å². The van der Waals surface area contributed by atoms with Crippen molar-refractivity contribution in [1.82, 2.24) is 24.7 Å². The minimum absolute atomic E-state index is 0.469. The van der Waals surface area contributed by atoms with Gasteiger partial charge in [0.25, 0.3) is 0 Å². The highest BCUT2D eigenvalue weighted by Gasteiger charge is 2.29. The Hall–Kier alpha value is -1.56. The second kappa shape index (κ2) is 9.58. The Morgan fingerprint density at radius 2 is 1.96 bits per heavy atom. The van der Waals surface area contributed by atoms with Crippen LogP contribution in [-0.2, 0) is 0 Å². The summed E-state index contributed by atoms with van der Waals surface area (Å²) in [5.74, 6) is 3.39. The Kier molecular flexibility index (Phi) is 7.16. The third-order valence-corrected chi connectivity index (χ3v) is 6.22. The Morgan fingerprint density at radius 3 is 2.63 bits per heavy atom. The van der Waals surface area contributed by atoms with Crippen LogP contribution in [-0.4, -0.2) is 71.6 Å². The van der Waals surface area contributed by atoms with E-state index in [1.54, 1.807) is 0 Å². The number of hydrogen-bond acceptors (Lipinski definition) is 3. The predicted molar refractivity (Wildman–Crippen MR) is 112 cm³/mol. The van der Waals surface area contributed by atoms with Gasteiger partial charge in [-0.2, -0.15) is 0 Å². The molecule has 3 heterocycles. The Balaban J connectivity index is 1.45. The van der Waals surface area contributed by atoms with E-state index in [1.807, 2.05) is 19.6 Å². The van der Waals surface area contributed by atoms with Crippen molar-refractivity contribution in [3.05, 3.63) is 18.7 Å². The number of imidazole rings is 1. The molecule has 2 aliphatic rings. The number of nitrogens with zero attached hydrogens (tertiary/aromatic N) is 5. The fourth-order valence-corrected chi connectivity index (χ4v) is 4.90. The largest absolute Gasteiger partial charge is 0.356 e. The zero-order valence-corrected chi connectivity index (χ0v) is 17.6. The van der Waals surface area contributed by atoms with E-state index >= 15 is 0 Å². The Bertz CT molecular complexity index is 574. The fraction of sp³-hybridized carbons (Fsp3) is 0.810. The molecule has 0 aliphatic carbocycles. The maximum absolute atomic E-state index is 4.55. The molecule has 152 valence electrons. The van der Waals surface area contributed by atoms with Gasteiger partial charge in [0.2, 0.25) is 0 Å². The van der Waals surface area contributed by atoms with Crippen LogP contribution >= 0.6 is 0 Å². The van der Waals surface area contributed by atoms with Crippen LogP contribution in [0.1, 0.15) is 46.1 Å². The second-order valence-corrected chi connectivity index (χ2v) is 8.82. The molecular formula is C21H38N6. The molecule has 0 spiro atoms. The van der Waals surface area contributed by atoms with Gasteiger partial charge in [0.05, 0.1) is 12.4 Å². The maximum Gasteiger partial charge on any atom is 0.193 e. The van der Waals surface area contributed by atoms with Gasteiger partial charge in [-0.1, -0.05) is 20.8 Å². The van der Waals surface area contributed by atoms with Crippen LogP contribution in [0, 0.1) is 17.8 Å². The predicted octanol–water partition coefficient (Wildman–Crippen LogP) is 2.71. The summed E-state index contributed by atoms with van der Waals surface area (Å²) in [6.45, 7) is 13.9. The van der Waals surface area contributed by atoms with Crippen LogP contribution in [0.3, 0.4) is 0 Å². The van der Waals surface area contributed by atoms with Gasteiger partial charge in [-0.3, -0.25) is 4.99 Å². The third-order valence-electron chi connectivity index (χ3n) is 6.22. The Morgan fingerprint density at radius 1 is 1.19 bits per heavy atom. The van der Waals surface area contributed by atoms with Crippen molar-refractivity contribution < 1.29 is 0 Å². The number of hydrogen-bond donors (Lipinski definition) is 1. The summed E-state index contributed by atoms with van der Waals surface area (Å²) in [4.78, 5) is 13.8. The van der Waals surface area contributed by atoms with Gasteiger partial charge in [-0.15, -0.1) is 0 Å². The van der Waals surface area contributed by atoms with Gasteiger partial charge >= 0.3 is 0 Å². The third kappa shape index (κ3) is 5.47. The normalized spacial score (nSPS) is 30.5. The van der Waals surface area contributed by atoms with Gasteiger partial charge in [-0.25, -0.2) is 4.98 Å². The number of likely N-dealkylation sites (tertiary alicyclic amines) is 2. The quantitative estimate of drug-likeness (QED) is 0.489. The topological polar surface area (TPSA) is 48.7 Å². The minimum atomic E-state index is 0.469. The van der Waals surface area contributed by atoms with Crippen molar-refractivity contribution in [2.45, 2.75) is 46.1 Å². The number of piperidine rings is 2. The van der Waals surface area contributed by atoms with Crippen molar-refractivity contribution in [1.29, 1.82) is 0 Å². The molecular weight excluding hydrogens is 336 g/mol. The van der Waals surface area contributed by atoms with Crippen LogP contribution in [0.5, 0.6) is 0 Å². The molecule has 4 unspecified atom stereocenters. The second-order valence-electron chi connectivity index (χ2n) is 8.82. The first-order chi connectivity index (χ1) is 13.1. The van der Waals surface area contributed by atoms with E-state index in [0.717, 1.165) is 37.4 Å². The van der Waals surface area contributed by atoms with Crippen molar-refractivity contribution in [2.24, 2.45) is 22.7 Å². The number of guanidine groups is 1. The standard InChI is InChI=1S/C21H38N6/c1-17-12-18(2)14-25(13-17)9-5-7-24-21(22-4)26-10-6-19(3)20(15-26)27-11-8-23-16-27/h8,11,16-20H,5-7,9-10,12-15H2,1-4H3,(H,22,24). The fourth-order valence-electron chi connectivity index (χ4n) is 4.90. The van der Waals surface area contributed by atoms with Gasteiger partial charge in [0.1, 0.15) is 0 Å². The zero-order valence-electron chi connectivity index (χ0n) is 17.6. The molecule has 2 fully saturated rings.